The molecule has 0 saturated heterocycles. The van der Waals surface area contributed by atoms with E-state index < -0.39 is 0 Å². The zero-order valence-electron chi connectivity index (χ0n) is 11.2. The maximum absolute atomic E-state index is 4.58. The first kappa shape index (κ1) is 13.1. The van der Waals surface area contributed by atoms with Crippen LogP contribution in [0.25, 0.3) is 11.0 Å². The minimum atomic E-state index is 0.112. The second kappa shape index (κ2) is 5.14. The minimum Gasteiger partial charge on any atom is -0.354 e. The van der Waals surface area contributed by atoms with E-state index in [-0.39, 0.29) is 4.75 Å². The molecule has 0 aromatic carbocycles. The molecule has 0 saturated carbocycles. The first-order chi connectivity index (χ1) is 8.49. The number of H-pyrrole nitrogens is 1. The van der Waals surface area contributed by atoms with Crippen molar-refractivity contribution in [3.63, 3.8) is 0 Å². The molecular formula is C12H19N5S. The number of rotatable bonds is 4. The van der Waals surface area contributed by atoms with Crippen LogP contribution in [0.4, 0.5) is 5.95 Å². The zero-order valence-corrected chi connectivity index (χ0v) is 12.1. The van der Waals surface area contributed by atoms with Gasteiger partial charge in [-0.15, -0.1) is 0 Å². The summed E-state index contributed by atoms with van der Waals surface area (Å²) >= 11 is 1.73. The number of anilines is 1. The van der Waals surface area contributed by atoms with E-state index in [0.717, 1.165) is 29.0 Å². The summed E-state index contributed by atoms with van der Waals surface area (Å²) in [5, 5.41) is 12.1. The van der Waals surface area contributed by atoms with E-state index in [1.807, 2.05) is 0 Å². The summed E-state index contributed by atoms with van der Waals surface area (Å²) in [6, 6.07) is 0. The summed E-state index contributed by atoms with van der Waals surface area (Å²) in [6.07, 6.45) is 2.83. The molecule has 0 bridgehead atoms. The topological polar surface area (TPSA) is 66.5 Å². The van der Waals surface area contributed by atoms with Gasteiger partial charge < -0.3 is 5.32 Å². The lowest BCUT2D eigenvalue weighted by Crippen LogP contribution is -2.09. The second-order valence-electron chi connectivity index (χ2n) is 5.13. The van der Waals surface area contributed by atoms with Crippen molar-refractivity contribution < 1.29 is 0 Å². The van der Waals surface area contributed by atoms with Crippen molar-refractivity contribution in [2.24, 2.45) is 0 Å². The molecule has 0 unspecified atom stereocenters. The number of nitrogens with zero attached hydrogens (tertiary/aromatic N) is 3. The highest BCUT2D eigenvalue weighted by Gasteiger charge is 2.17. The van der Waals surface area contributed by atoms with Crippen LogP contribution in [0.3, 0.4) is 0 Å². The zero-order chi connectivity index (χ0) is 13.2. The van der Waals surface area contributed by atoms with Gasteiger partial charge in [-0.2, -0.15) is 10.1 Å². The van der Waals surface area contributed by atoms with Crippen LogP contribution in [-0.2, 0) is 0 Å². The average molecular weight is 265 g/mol. The van der Waals surface area contributed by atoms with Crippen molar-refractivity contribution >= 4 is 28.7 Å². The molecule has 18 heavy (non-hydrogen) atoms. The molecule has 5 nitrogen and oxygen atoms in total. The molecule has 0 amide bonds. The van der Waals surface area contributed by atoms with E-state index in [9.17, 15) is 0 Å². The smallest absolute Gasteiger partial charge is 0.225 e. The van der Waals surface area contributed by atoms with E-state index in [2.05, 4.69) is 53.2 Å². The van der Waals surface area contributed by atoms with Gasteiger partial charge in [-0.25, -0.2) is 4.98 Å². The lowest BCUT2D eigenvalue weighted by atomic mass is 10.3. The Hall–Kier alpha value is -1.30. The van der Waals surface area contributed by atoms with E-state index in [1.165, 1.54) is 0 Å². The standard InChI is InChI=1S/C12H19N5S/c1-5-6-13-11-15-9-8(7-14-17-9)10(16-11)18-12(2,3)4/h7H,5-6H2,1-4H3,(H2,13,14,15,16,17). The Kier molecular flexibility index (Phi) is 3.75. The van der Waals surface area contributed by atoms with Gasteiger partial charge in [0.1, 0.15) is 5.03 Å². The third-order valence-electron chi connectivity index (χ3n) is 2.21. The number of nitrogens with one attached hydrogen (secondary N) is 2. The van der Waals surface area contributed by atoms with Crippen molar-refractivity contribution in [2.45, 2.75) is 43.9 Å². The fraction of sp³-hybridized carbons (Fsp3) is 0.583. The maximum atomic E-state index is 4.58. The Morgan fingerprint density at radius 2 is 2.11 bits per heavy atom. The van der Waals surface area contributed by atoms with Gasteiger partial charge in [0.05, 0.1) is 11.6 Å². The number of aromatic nitrogens is 4. The van der Waals surface area contributed by atoms with E-state index in [1.54, 1.807) is 18.0 Å². The molecule has 2 heterocycles. The normalized spacial score (nSPS) is 12.0. The number of hydrogen-bond acceptors (Lipinski definition) is 5. The number of thioether (sulfide) groups is 1. The first-order valence-electron chi connectivity index (χ1n) is 6.13. The first-order valence-corrected chi connectivity index (χ1v) is 6.95. The van der Waals surface area contributed by atoms with Crippen molar-refractivity contribution in [3.8, 4) is 0 Å². The van der Waals surface area contributed by atoms with Crippen LogP contribution in [0, 0.1) is 0 Å². The summed E-state index contributed by atoms with van der Waals surface area (Å²) in [5.41, 5.74) is 0.787. The van der Waals surface area contributed by atoms with Gasteiger partial charge >= 0.3 is 0 Å². The van der Waals surface area contributed by atoms with Crippen molar-refractivity contribution in [1.29, 1.82) is 0 Å². The van der Waals surface area contributed by atoms with E-state index in [0.29, 0.717) is 5.95 Å². The molecule has 0 spiro atoms. The van der Waals surface area contributed by atoms with Gasteiger partial charge in [0.2, 0.25) is 5.95 Å². The third-order valence-corrected chi connectivity index (χ3v) is 3.33. The highest BCUT2D eigenvalue weighted by molar-refractivity contribution is 8.00. The lowest BCUT2D eigenvalue weighted by Gasteiger charge is -2.17. The van der Waals surface area contributed by atoms with E-state index in [4.69, 9.17) is 0 Å². The number of hydrogen-bond donors (Lipinski definition) is 2. The molecule has 2 N–H and O–H groups in total. The molecule has 0 radical (unpaired) electrons. The second-order valence-corrected chi connectivity index (χ2v) is 6.94. The van der Waals surface area contributed by atoms with Gasteiger partial charge in [0.25, 0.3) is 0 Å². The highest BCUT2D eigenvalue weighted by atomic mass is 32.2. The molecule has 0 aliphatic carbocycles. The van der Waals surface area contributed by atoms with E-state index >= 15 is 0 Å². The molecular weight excluding hydrogens is 246 g/mol. The Bertz CT molecular complexity index is 529. The van der Waals surface area contributed by atoms with Gasteiger partial charge in [-0.05, 0) is 6.42 Å². The van der Waals surface area contributed by atoms with Crippen LogP contribution < -0.4 is 5.32 Å². The van der Waals surface area contributed by atoms with Gasteiger partial charge in [0.15, 0.2) is 5.65 Å². The molecule has 0 fully saturated rings. The van der Waals surface area contributed by atoms with Gasteiger partial charge in [-0.3, -0.25) is 5.10 Å². The third kappa shape index (κ3) is 3.13. The fourth-order valence-corrected chi connectivity index (χ4v) is 2.46. The number of aromatic amines is 1. The molecule has 6 heteroatoms. The summed E-state index contributed by atoms with van der Waals surface area (Å²) in [6.45, 7) is 9.51. The average Bonchev–Trinajstić information content (AvgIpc) is 2.72. The minimum absolute atomic E-state index is 0.112. The van der Waals surface area contributed by atoms with Crippen LogP contribution in [0.5, 0.6) is 0 Å². The Morgan fingerprint density at radius 1 is 1.33 bits per heavy atom. The van der Waals surface area contributed by atoms with Crippen molar-refractivity contribution in [3.05, 3.63) is 6.20 Å². The summed E-state index contributed by atoms with van der Waals surface area (Å²) in [7, 11) is 0. The summed E-state index contributed by atoms with van der Waals surface area (Å²) < 4.78 is 0.112. The monoisotopic (exact) mass is 265 g/mol. The summed E-state index contributed by atoms with van der Waals surface area (Å²) in [4.78, 5) is 8.99. The SMILES string of the molecule is CCCNc1nc(SC(C)(C)C)c2cn[nH]c2n1. The quantitative estimate of drug-likeness (QED) is 0.657. The molecule has 0 atom stereocenters. The van der Waals surface area contributed by atoms with Gasteiger partial charge in [0, 0.05) is 11.3 Å². The van der Waals surface area contributed by atoms with Crippen LogP contribution in [0.1, 0.15) is 34.1 Å². The highest BCUT2D eigenvalue weighted by Crippen LogP contribution is 2.34. The van der Waals surface area contributed by atoms with Crippen LogP contribution in [-0.4, -0.2) is 31.5 Å². The molecule has 0 aliphatic rings. The molecule has 2 aromatic rings. The molecule has 0 aliphatic heterocycles. The Labute approximate surface area is 111 Å². The largest absolute Gasteiger partial charge is 0.354 e. The molecule has 98 valence electrons. The molecule has 2 aromatic heterocycles. The lowest BCUT2D eigenvalue weighted by molar-refractivity contribution is 0.800. The van der Waals surface area contributed by atoms with Crippen molar-refractivity contribution in [1.82, 2.24) is 20.2 Å². The fourth-order valence-electron chi connectivity index (χ4n) is 1.49. The van der Waals surface area contributed by atoms with Crippen LogP contribution in [0.15, 0.2) is 11.2 Å². The van der Waals surface area contributed by atoms with Crippen molar-refractivity contribution in [2.75, 3.05) is 11.9 Å². The Morgan fingerprint density at radius 3 is 2.78 bits per heavy atom. The van der Waals surface area contributed by atoms with Crippen LogP contribution >= 0.6 is 11.8 Å². The number of fused-ring (bicyclic) bond motifs is 1. The maximum Gasteiger partial charge on any atom is 0.225 e. The van der Waals surface area contributed by atoms with Crippen LogP contribution in [0.2, 0.25) is 0 Å². The Balaban J connectivity index is 2.38. The van der Waals surface area contributed by atoms with Gasteiger partial charge in [-0.1, -0.05) is 39.5 Å². The predicted molar refractivity (Wildman–Crippen MR) is 76.1 cm³/mol. The molecule has 2 rings (SSSR count). The summed E-state index contributed by atoms with van der Waals surface area (Å²) in [5.74, 6) is 0.667. The predicted octanol–water partition coefficient (Wildman–Crippen LogP) is 3.07.